The Morgan fingerprint density at radius 3 is 2.50 bits per heavy atom. The van der Waals surface area contributed by atoms with Gasteiger partial charge in [0.2, 0.25) is 5.89 Å². The molecular formula is C20H31IN6O. The molecule has 7 nitrogen and oxygen atoms in total. The maximum Gasteiger partial charge on any atom is 0.228 e. The number of nitrogens with zero attached hydrogens (tertiary/aromatic N) is 5. The van der Waals surface area contributed by atoms with Crippen molar-refractivity contribution < 1.29 is 4.52 Å². The van der Waals surface area contributed by atoms with Crippen LogP contribution < -0.4 is 10.2 Å². The summed E-state index contributed by atoms with van der Waals surface area (Å²) in [6, 6.07) is 10.6. The highest BCUT2D eigenvalue weighted by Crippen LogP contribution is 2.15. The van der Waals surface area contributed by atoms with Crippen LogP contribution in [-0.4, -0.2) is 60.3 Å². The zero-order valence-corrected chi connectivity index (χ0v) is 19.3. The molecular weight excluding hydrogens is 467 g/mol. The number of para-hydroxylation sites is 1. The van der Waals surface area contributed by atoms with Crippen molar-refractivity contribution in [1.29, 1.82) is 0 Å². The van der Waals surface area contributed by atoms with E-state index in [1.807, 2.05) is 0 Å². The van der Waals surface area contributed by atoms with Gasteiger partial charge in [-0.2, -0.15) is 4.98 Å². The van der Waals surface area contributed by atoms with Gasteiger partial charge in [0.25, 0.3) is 0 Å². The molecule has 2 heterocycles. The number of halogens is 1. The molecule has 0 unspecified atom stereocenters. The van der Waals surface area contributed by atoms with Gasteiger partial charge in [-0.15, -0.1) is 24.0 Å². The van der Waals surface area contributed by atoms with Crippen LogP contribution in [0.25, 0.3) is 0 Å². The highest BCUT2D eigenvalue weighted by atomic mass is 127. The van der Waals surface area contributed by atoms with Gasteiger partial charge in [-0.3, -0.25) is 4.99 Å². The van der Waals surface area contributed by atoms with Crippen molar-refractivity contribution in [2.75, 3.05) is 44.2 Å². The third-order valence-corrected chi connectivity index (χ3v) is 4.62. The van der Waals surface area contributed by atoms with Gasteiger partial charge in [0.05, 0.1) is 6.54 Å². The summed E-state index contributed by atoms with van der Waals surface area (Å²) in [6.07, 6.45) is 0.665. The van der Waals surface area contributed by atoms with Crippen molar-refractivity contribution in [3.8, 4) is 0 Å². The van der Waals surface area contributed by atoms with E-state index in [1.54, 1.807) is 0 Å². The van der Waals surface area contributed by atoms with Crippen LogP contribution in [0.5, 0.6) is 0 Å². The lowest BCUT2D eigenvalue weighted by molar-refractivity contribution is 0.366. The van der Waals surface area contributed by atoms with E-state index in [-0.39, 0.29) is 29.9 Å². The Hall–Kier alpha value is -1.84. The van der Waals surface area contributed by atoms with Crippen molar-refractivity contribution in [3.63, 3.8) is 0 Å². The number of anilines is 1. The van der Waals surface area contributed by atoms with Crippen molar-refractivity contribution >= 4 is 35.6 Å². The van der Waals surface area contributed by atoms with E-state index >= 15 is 0 Å². The van der Waals surface area contributed by atoms with Crippen LogP contribution in [0.15, 0.2) is 39.8 Å². The van der Waals surface area contributed by atoms with Gasteiger partial charge < -0.3 is 19.6 Å². The van der Waals surface area contributed by atoms with E-state index in [0.29, 0.717) is 18.9 Å². The molecule has 3 rings (SSSR count). The largest absolute Gasteiger partial charge is 0.368 e. The first-order chi connectivity index (χ1) is 13.2. The fourth-order valence-corrected chi connectivity index (χ4v) is 3.10. The fraction of sp³-hybridized carbons (Fsp3) is 0.550. The number of aromatic nitrogens is 2. The minimum atomic E-state index is 0. The standard InChI is InChI=1S/C20H30N6O.HI/c1-4-21-20(22-11-10-18-23-19(16(2)3)24-27-18)26-14-12-25(13-15-26)17-8-6-5-7-9-17;/h5-9,16H,4,10-15H2,1-3H3,(H,21,22);1H. The quantitative estimate of drug-likeness (QED) is 0.375. The minimum absolute atomic E-state index is 0. The van der Waals surface area contributed by atoms with Gasteiger partial charge >= 0.3 is 0 Å². The van der Waals surface area contributed by atoms with Crippen LogP contribution in [0.4, 0.5) is 5.69 Å². The predicted molar refractivity (Wildman–Crippen MR) is 124 cm³/mol. The molecule has 0 atom stereocenters. The van der Waals surface area contributed by atoms with Crippen molar-refractivity contribution in [2.45, 2.75) is 33.1 Å². The number of hydrogen-bond acceptors (Lipinski definition) is 5. The Balaban J connectivity index is 0.00000280. The van der Waals surface area contributed by atoms with Crippen LogP contribution in [-0.2, 0) is 6.42 Å². The number of guanidine groups is 1. The minimum Gasteiger partial charge on any atom is -0.368 e. The molecule has 28 heavy (non-hydrogen) atoms. The van der Waals surface area contributed by atoms with E-state index in [2.05, 4.69) is 76.4 Å². The summed E-state index contributed by atoms with van der Waals surface area (Å²) in [4.78, 5) is 13.9. The number of rotatable bonds is 6. The Bertz CT molecular complexity index is 725. The lowest BCUT2D eigenvalue weighted by Crippen LogP contribution is -2.52. The summed E-state index contributed by atoms with van der Waals surface area (Å²) in [7, 11) is 0. The molecule has 154 valence electrons. The van der Waals surface area contributed by atoms with Crippen LogP contribution >= 0.6 is 24.0 Å². The normalized spacial score (nSPS) is 14.9. The lowest BCUT2D eigenvalue weighted by atomic mass is 10.2. The van der Waals surface area contributed by atoms with E-state index < -0.39 is 0 Å². The van der Waals surface area contributed by atoms with E-state index in [0.717, 1.165) is 44.5 Å². The van der Waals surface area contributed by atoms with Crippen LogP contribution in [0, 0.1) is 0 Å². The molecule has 1 aromatic carbocycles. The molecule has 2 aromatic rings. The summed E-state index contributed by atoms with van der Waals surface area (Å²) < 4.78 is 5.31. The maximum atomic E-state index is 5.31. The molecule has 1 aliphatic rings. The predicted octanol–water partition coefficient (Wildman–Crippen LogP) is 3.14. The average Bonchev–Trinajstić information content (AvgIpc) is 3.17. The third kappa shape index (κ3) is 6.08. The third-order valence-electron chi connectivity index (χ3n) is 4.62. The summed E-state index contributed by atoms with van der Waals surface area (Å²) >= 11 is 0. The Morgan fingerprint density at radius 2 is 1.89 bits per heavy atom. The molecule has 0 radical (unpaired) electrons. The van der Waals surface area contributed by atoms with Crippen LogP contribution in [0.1, 0.15) is 38.4 Å². The van der Waals surface area contributed by atoms with Gasteiger partial charge in [0.1, 0.15) is 0 Å². The molecule has 0 amide bonds. The van der Waals surface area contributed by atoms with E-state index in [9.17, 15) is 0 Å². The fourth-order valence-electron chi connectivity index (χ4n) is 3.10. The van der Waals surface area contributed by atoms with Crippen molar-refractivity contribution in [2.24, 2.45) is 4.99 Å². The Kier molecular flexibility index (Phi) is 9.01. The topological polar surface area (TPSA) is 69.8 Å². The second-order valence-electron chi connectivity index (χ2n) is 7.00. The molecule has 8 heteroatoms. The summed E-state index contributed by atoms with van der Waals surface area (Å²) in [5.74, 6) is 2.67. The first-order valence-corrected chi connectivity index (χ1v) is 9.83. The number of benzene rings is 1. The van der Waals surface area contributed by atoms with Gasteiger partial charge in [0, 0.05) is 50.7 Å². The highest BCUT2D eigenvalue weighted by Gasteiger charge is 2.19. The zero-order valence-electron chi connectivity index (χ0n) is 17.0. The van der Waals surface area contributed by atoms with Crippen molar-refractivity contribution in [3.05, 3.63) is 42.0 Å². The van der Waals surface area contributed by atoms with Gasteiger partial charge in [-0.05, 0) is 19.1 Å². The van der Waals surface area contributed by atoms with E-state index in [1.165, 1.54) is 5.69 Å². The summed E-state index contributed by atoms with van der Waals surface area (Å²) in [5.41, 5.74) is 1.29. The van der Waals surface area contributed by atoms with E-state index in [4.69, 9.17) is 9.52 Å². The highest BCUT2D eigenvalue weighted by molar-refractivity contribution is 14.0. The average molecular weight is 498 g/mol. The number of nitrogens with one attached hydrogen (secondary N) is 1. The number of piperazine rings is 1. The summed E-state index contributed by atoms with van der Waals surface area (Å²) in [5, 5.41) is 7.42. The van der Waals surface area contributed by atoms with Gasteiger partial charge in [0.15, 0.2) is 11.8 Å². The Morgan fingerprint density at radius 1 is 1.18 bits per heavy atom. The monoisotopic (exact) mass is 498 g/mol. The molecule has 0 bridgehead atoms. The van der Waals surface area contributed by atoms with Gasteiger partial charge in [-0.25, -0.2) is 0 Å². The van der Waals surface area contributed by atoms with Crippen molar-refractivity contribution in [1.82, 2.24) is 20.4 Å². The molecule has 0 spiro atoms. The molecule has 1 saturated heterocycles. The number of aliphatic imine (C=N–C) groups is 1. The molecule has 1 aliphatic heterocycles. The Labute approximate surface area is 184 Å². The van der Waals surface area contributed by atoms with Crippen LogP contribution in [0.3, 0.4) is 0 Å². The maximum absolute atomic E-state index is 5.31. The molecule has 1 N–H and O–H groups in total. The van der Waals surface area contributed by atoms with Gasteiger partial charge in [-0.1, -0.05) is 37.2 Å². The number of hydrogen-bond donors (Lipinski definition) is 1. The smallest absolute Gasteiger partial charge is 0.228 e. The SMILES string of the molecule is CCNC(=NCCc1nc(C(C)C)no1)N1CCN(c2ccccc2)CC1.I. The first-order valence-electron chi connectivity index (χ1n) is 9.83. The molecule has 1 aromatic heterocycles. The second-order valence-corrected chi connectivity index (χ2v) is 7.00. The molecule has 1 fully saturated rings. The molecule has 0 saturated carbocycles. The lowest BCUT2D eigenvalue weighted by Gasteiger charge is -2.37. The zero-order chi connectivity index (χ0) is 19.1. The summed E-state index contributed by atoms with van der Waals surface area (Å²) in [6.45, 7) is 11.6. The van der Waals surface area contributed by atoms with Crippen LogP contribution in [0.2, 0.25) is 0 Å². The first kappa shape index (κ1) is 22.4. The molecule has 0 aliphatic carbocycles. The second kappa shape index (κ2) is 11.2.